The molecule has 9 heavy (non-hydrogen) atoms. The molecule has 0 bridgehead atoms. The van der Waals surface area contributed by atoms with E-state index in [1.165, 1.54) is 0 Å². The van der Waals surface area contributed by atoms with Crippen molar-refractivity contribution in [1.82, 2.24) is 0 Å². The Morgan fingerprint density at radius 2 is 1.89 bits per heavy atom. The summed E-state index contributed by atoms with van der Waals surface area (Å²) in [6.07, 6.45) is 2.01. The third-order valence-electron chi connectivity index (χ3n) is 0.793. The van der Waals surface area contributed by atoms with Gasteiger partial charge < -0.3 is 5.73 Å². The van der Waals surface area contributed by atoms with E-state index in [2.05, 4.69) is 11.9 Å². The quantitative estimate of drug-likeness (QED) is 0.500. The Balaban J connectivity index is -0.000000180. The minimum Gasteiger partial charge on any atom is -0.387 e. The Hall–Kier alpha value is 0.0500. The van der Waals surface area contributed by atoms with Gasteiger partial charge in [0.25, 0.3) is 0 Å². The summed E-state index contributed by atoms with van der Waals surface area (Å²) in [4.78, 5) is 3.77. The highest BCUT2D eigenvalue weighted by Crippen LogP contribution is 1.83. The molecule has 0 aromatic carbocycles. The van der Waals surface area contributed by atoms with Gasteiger partial charge in [0, 0.05) is 13.5 Å². The topological polar surface area (TPSA) is 38.4 Å². The third kappa shape index (κ3) is 11.6. The van der Waals surface area contributed by atoms with Gasteiger partial charge in [-0.1, -0.05) is 6.92 Å². The van der Waals surface area contributed by atoms with Crippen molar-refractivity contribution in [2.75, 3.05) is 7.05 Å². The van der Waals surface area contributed by atoms with Crippen molar-refractivity contribution in [3.63, 3.8) is 0 Å². The number of nitrogens with two attached hydrogens (primary N) is 1. The van der Waals surface area contributed by atoms with Crippen LogP contribution in [0.4, 0.5) is 0 Å². The molecule has 0 unspecified atom stereocenters. The van der Waals surface area contributed by atoms with E-state index in [-0.39, 0.29) is 24.8 Å². The number of rotatable bonds is 2. The van der Waals surface area contributed by atoms with Crippen molar-refractivity contribution < 1.29 is 0 Å². The van der Waals surface area contributed by atoms with E-state index in [9.17, 15) is 0 Å². The summed E-state index contributed by atoms with van der Waals surface area (Å²) in [5, 5.41) is 0. The average molecular weight is 173 g/mol. The molecule has 2 N–H and O–H groups in total. The van der Waals surface area contributed by atoms with Crippen LogP contribution in [0.5, 0.6) is 0 Å². The number of hydrogen-bond donors (Lipinski definition) is 1. The van der Waals surface area contributed by atoms with Crippen LogP contribution in [0.3, 0.4) is 0 Å². The number of amidine groups is 1. The highest BCUT2D eigenvalue weighted by Gasteiger charge is 1.82. The summed E-state index contributed by atoms with van der Waals surface area (Å²) < 4.78 is 0. The highest BCUT2D eigenvalue weighted by molar-refractivity contribution is 5.85. The Bertz CT molecular complexity index is 73.4. The lowest BCUT2D eigenvalue weighted by molar-refractivity contribution is 0.979. The molecule has 0 rings (SSSR count). The normalized spacial score (nSPS) is 9.33. The Labute approximate surface area is 68.7 Å². The van der Waals surface area contributed by atoms with Gasteiger partial charge in [0.05, 0.1) is 5.84 Å². The van der Waals surface area contributed by atoms with E-state index in [1.807, 2.05) is 0 Å². The lowest BCUT2D eigenvalue weighted by Gasteiger charge is -1.90. The summed E-state index contributed by atoms with van der Waals surface area (Å²) in [7, 11) is 1.71. The molecule has 58 valence electrons. The monoisotopic (exact) mass is 172 g/mol. The zero-order valence-electron chi connectivity index (χ0n) is 5.76. The van der Waals surface area contributed by atoms with Crippen molar-refractivity contribution in [2.45, 2.75) is 19.8 Å². The maximum absolute atomic E-state index is 5.33. The molecule has 0 aromatic rings. The van der Waals surface area contributed by atoms with Crippen LogP contribution < -0.4 is 5.73 Å². The van der Waals surface area contributed by atoms with Crippen molar-refractivity contribution >= 4 is 30.6 Å². The second-order valence-corrected chi connectivity index (χ2v) is 1.46. The second kappa shape index (κ2) is 10.9. The molecule has 0 atom stereocenters. The molecule has 0 aliphatic carbocycles. The van der Waals surface area contributed by atoms with Crippen LogP contribution in [0.1, 0.15) is 19.8 Å². The van der Waals surface area contributed by atoms with E-state index in [0.29, 0.717) is 0 Å². The molecular weight excluding hydrogens is 159 g/mol. The molecule has 0 aliphatic heterocycles. The van der Waals surface area contributed by atoms with Gasteiger partial charge in [-0.15, -0.1) is 24.8 Å². The van der Waals surface area contributed by atoms with Crippen LogP contribution in [-0.4, -0.2) is 12.9 Å². The van der Waals surface area contributed by atoms with Crippen molar-refractivity contribution in [2.24, 2.45) is 10.7 Å². The lowest BCUT2D eigenvalue weighted by atomic mass is 10.3. The number of nitrogens with zero attached hydrogens (tertiary/aromatic N) is 1. The van der Waals surface area contributed by atoms with E-state index in [4.69, 9.17) is 5.73 Å². The van der Waals surface area contributed by atoms with Gasteiger partial charge in [0.2, 0.25) is 0 Å². The Morgan fingerprint density at radius 1 is 1.44 bits per heavy atom. The summed E-state index contributed by atoms with van der Waals surface area (Å²) in [6.45, 7) is 2.08. The predicted molar refractivity (Wildman–Crippen MR) is 47.0 cm³/mol. The smallest absolute Gasteiger partial charge is 0.0933 e. The molecule has 0 radical (unpaired) electrons. The molecule has 0 aliphatic rings. The Kier molecular flexibility index (Phi) is 19.5. The second-order valence-electron chi connectivity index (χ2n) is 1.46. The fraction of sp³-hybridized carbons (Fsp3) is 0.800. The van der Waals surface area contributed by atoms with Gasteiger partial charge in [-0.05, 0) is 6.42 Å². The number of hydrogen-bond acceptors (Lipinski definition) is 1. The van der Waals surface area contributed by atoms with Crippen LogP contribution in [0.25, 0.3) is 0 Å². The first kappa shape index (κ1) is 16.0. The first-order chi connectivity index (χ1) is 3.31. The van der Waals surface area contributed by atoms with Crippen molar-refractivity contribution in [3.8, 4) is 0 Å². The third-order valence-corrected chi connectivity index (χ3v) is 0.793. The predicted octanol–water partition coefficient (Wildman–Crippen LogP) is 1.62. The first-order valence-electron chi connectivity index (χ1n) is 2.52. The maximum atomic E-state index is 5.33. The summed E-state index contributed by atoms with van der Waals surface area (Å²) in [5.74, 6) is 0.752. The SMILES string of the molecule is CCCC(N)=NC.Cl.Cl. The molecule has 4 heteroatoms. The molecule has 0 heterocycles. The average Bonchev–Trinajstić information content (AvgIpc) is 1.68. The summed E-state index contributed by atoms with van der Waals surface area (Å²) >= 11 is 0. The summed E-state index contributed by atoms with van der Waals surface area (Å²) in [5.41, 5.74) is 5.33. The van der Waals surface area contributed by atoms with Crippen LogP contribution in [0.2, 0.25) is 0 Å². The summed E-state index contributed by atoms with van der Waals surface area (Å²) in [6, 6.07) is 0. The Morgan fingerprint density at radius 3 is 2.00 bits per heavy atom. The van der Waals surface area contributed by atoms with Gasteiger partial charge in [0.15, 0.2) is 0 Å². The zero-order chi connectivity index (χ0) is 5.70. The van der Waals surface area contributed by atoms with Crippen LogP contribution in [0.15, 0.2) is 4.99 Å². The largest absolute Gasteiger partial charge is 0.387 e. The molecular formula is C5H14Cl2N2. The van der Waals surface area contributed by atoms with E-state index < -0.39 is 0 Å². The van der Waals surface area contributed by atoms with Crippen molar-refractivity contribution in [3.05, 3.63) is 0 Å². The minimum atomic E-state index is 0. The van der Waals surface area contributed by atoms with Crippen molar-refractivity contribution in [1.29, 1.82) is 0 Å². The van der Waals surface area contributed by atoms with E-state index in [0.717, 1.165) is 18.7 Å². The highest BCUT2D eigenvalue weighted by atomic mass is 35.5. The molecule has 0 saturated carbocycles. The van der Waals surface area contributed by atoms with E-state index >= 15 is 0 Å². The van der Waals surface area contributed by atoms with E-state index in [1.54, 1.807) is 7.05 Å². The maximum Gasteiger partial charge on any atom is 0.0933 e. The fourth-order valence-electron chi connectivity index (χ4n) is 0.368. The van der Waals surface area contributed by atoms with Crippen LogP contribution in [-0.2, 0) is 0 Å². The first-order valence-corrected chi connectivity index (χ1v) is 2.52. The molecule has 0 saturated heterocycles. The van der Waals surface area contributed by atoms with Gasteiger partial charge >= 0.3 is 0 Å². The van der Waals surface area contributed by atoms with Gasteiger partial charge in [-0.3, -0.25) is 4.99 Å². The number of aliphatic imine (C=N–C) groups is 1. The molecule has 0 aromatic heterocycles. The van der Waals surface area contributed by atoms with Gasteiger partial charge in [-0.2, -0.15) is 0 Å². The van der Waals surface area contributed by atoms with Crippen LogP contribution in [0, 0.1) is 0 Å². The number of halogens is 2. The fourth-order valence-corrected chi connectivity index (χ4v) is 0.368. The molecule has 0 spiro atoms. The van der Waals surface area contributed by atoms with Gasteiger partial charge in [-0.25, -0.2) is 0 Å². The molecule has 0 fully saturated rings. The lowest BCUT2D eigenvalue weighted by Crippen LogP contribution is -2.09. The molecule has 0 amide bonds. The van der Waals surface area contributed by atoms with Crippen LogP contribution >= 0.6 is 24.8 Å². The standard InChI is InChI=1S/C5H12N2.2ClH/c1-3-4-5(6)7-2;;/h3-4H2,1-2H3,(H2,6,7);2*1H. The minimum absolute atomic E-state index is 0. The van der Waals surface area contributed by atoms with Gasteiger partial charge in [0.1, 0.15) is 0 Å². The molecule has 2 nitrogen and oxygen atoms in total. The zero-order valence-corrected chi connectivity index (χ0v) is 7.39.